The molecular weight excluding hydrogens is 436 g/mol. The normalized spacial score (nSPS) is 18.9. The van der Waals surface area contributed by atoms with Crippen LogP contribution in [0.2, 0.25) is 0 Å². The molecule has 9 heteroatoms. The fourth-order valence-electron chi connectivity index (χ4n) is 3.77. The van der Waals surface area contributed by atoms with Crippen LogP contribution in [0.3, 0.4) is 0 Å². The zero-order valence-corrected chi connectivity index (χ0v) is 18.4. The molecule has 0 aliphatic carbocycles. The van der Waals surface area contributed by atoms with Gasteiger partial charge in [-0.25, -0.2) is 4.79 Å². The molecule has 2 heterocycles. The van der Waals surface area contributed by atoms with Gasteiger partial charge in [-0.05, 0) is 35.4 Å². The van der Waals surface area contributed by atoms with Crippen LogP contribution in [0.1, 0.15) is 33.5 Å². The number of carbonyl (C=O) groups excluding carboxylic acids is 4. The van der Waals surface area contributed by atoms with Crippen LogP contribution in [0.15, 0.2) is 54.7 Å². The summed E-state index contributed by atoms with van der Waals surface area (Å²) in [5.41, 5.74) is 6.51. The van der Waals surface area contributed by atoms with Crippen molar-refractivity contribution in [3.8, 4) is 17.6 Å². The molecule has 2 aromatic rings. The number of hydrogen-bond acceptors (Lipinski definition) is 5. The standard InChI is InChI=1S/C25H22N4O5/c1-34-19-8-7-18-15-29(22(31)20(18)14-19)12-2-10-25(23(32)27-24(33)28-25)11-9-16-3-5-17(6-4-16)13-21(26)30/h2-8,12,14H,10,13,15H2,1H3,(H2,26,30)(H2,27,28,32,33). The predicted octanol–water partition coefficient (Wildman–Crippen LogP) is 1.21. The SMILES string of the molecule is COc1ccc2c(c1)C(=O)N(C=CCC1(C#Cc3ccc(CC(N)=O)cc3)NC(=O)NC1=O)C2. The Morgan fingerprint density at radius 2 is 1.97 bits per heavy atom. The maximum absolute atomic E-state index is 12.7. The monoisotopic (exact) mass is 458 g/mol. The van der Waals surface area contributed by atoms with Crippen LogP contribution in [0.5, 0.6) is 5.75 Å². The van der Waals surface area contributed by atoms with Crippen molar-refractivity contribution in [2.24, 2.45) is 5.73 Å². The first-order chi connectivity index (χ1) is 16.3. The van der Waals surface area contributed by atoms with Crippen molar-refractivity contribution in [1.29, 1.82) is 0 Å². The average molecular weight is 458 g/mol. The van der Waals surface area contributed by atoms with Gasteiger partial charge in [-0.1, -0.05) is 36.1 Å². The lowest BCUT2D eigenvalue weighted by atomic mass is 9.95. The number of nitrogens with zero attached hydrogens (tertiary/aromatic N) is 1. The van der Waals surface area contributed by atoms with Gasteiger partial charge in [0.1, 0.15) is 5.75 Å². The molecule has 2 aliphatic rings. The predicted molar refractivity (Wildman–Crippen MR) is 122 cm³/mol. The van der Waals surface area contributed by atoms with Gasteiger partial charge in [-0.3, -0.25) is 19.7 Å². The highest BCUT2D eigenvalue weighted by Crippen LogP contribution is 2.27. The van der Waals surface area contributed by atoms with Crippen LogP contribution >= 0.6 is 0 Å². The Bertz CT molecular complexity index is 1270. The minimum Gasteiger partial charge on any atom is -0.497 e. The van der Waals surface area contributed by atoms with Crippen molar-refractivity contribution in [3.05, 3.63) is 77.0 Å². The van der Waals surface area contributed by atoms with Crippen LogP contribution < -0.4 is 21.1 Å². The van der Waals surface area contributed by atoms with Gasteiger partial charge >= 0.3 is 6.03 Å². The van der Waals surface area contributed by atoms with Gasteiger partial charge in [0.2, 0.25) is 5.91 Å². The topological polar surface area (TPSA) is 131 Å². The Hall–Kier alpha value is -4.58. The van der Waals surface area contributed by atoms with Crippen LogP contribution in [0.4, 0.5) is 4.79 Å². The molecule has 2 aliphatic heterocycles. The number of methoxy groups -OCH3 is 1. The minimum absolute atomic E-state index is 0.0563. The summed E-state index contributed by atoms with van der Waals surface area (Å²) in [6, 6.07) is 11.5. The Labute approximate surface area is 195 Å². The highest BCUT2D eigenvalue weighted by Gasteiger charge is 2.44. The van der Waals surface area contributed by atoms with Crippen LogP contribution in [0, 0.1) is 11.8 Å². The lowest BCUT2D eigenvalue weighted by Crippen LogP contribution is -2.45. The molecule has 1 saturated heterocycles. The molecule has 5 amide bonds. The number of primary amides is 1. The summed E-state index contributed by atoms with van der Waals surface area (Å²) in [5.74, 6) is 5.18. The average Bonchev–Trinajstić information content (AvgIpc) is 3.27. The zero-order chi connectivity index (χ0) is 24.3. The summed E-state index contributed by atoms with van der Waals surface area (Å²) in [4.78, 5) is 49.7. The summed E-state index contributed by atoms with van der Waals surface area (Å²) in [5, 5.41) is 4.81. The number of rotatable bonds is 6. The lowest BCUT2D eigenvalue weighted by Gasteiger charge is -2.18. The summed E-state index contributed by atoms with van der Waals surface area (Å²) >= 11 is 0. The molecule has 0 radical (unpaired) electrons. The molecular formula is C25H22N4O5. The molecule has 9 nitrogen and oxygen atoms in total. The Kier molecular flexibility index (Phi) is 6.06. The molecule has 0 saturated carbocycles. The first-order valence-corrected chi connectivity index (χ1v) is 10.5. The summed E-state index contributed by atoms with van der Waals surface area (Å²) in [6.07, 6.45) is 3.40. The quantitative estimate of drug-likeness (QED) is 0.442. The van der Waals surface area contributed by atoms with Crippen LogP contribution in [0.25, 0.3) is 0 Å². The first kappa shape index (κ1) is 22.6. The van der Waals surface area contributed by atoms with Gasteiger partial charge in [-0.15, -0.1) is 0 Å². The van der Waals surface area contributed by atoms with Gasteiger partial charge < -0.3 is 20.7 Å². The van der Waals surface area contributed by atoms with E-state index in [2.05, 4.69) is 22.5 Å². The third kappa shape index (κ3) is 4.61. The summed E-state index contributed by atoms with van der Waals surface area (Å²) in [7, 11) is 1.54. The van der Waals surface area contributed by atoms with Gasteiger partial charge in [0, 0.05) is 23.7 Å². The number of amides is 5. The number of imide groups is 1. The van der Waals surface area contributed by atoms with E-state index in [4.69, 9.17) is 10.5 Å². The van der Waals surface area contributed by atoms with Crippen LogP contribution in [-0.2, 0) is 22.6 Å². The highest BCUT2D eigenvalue weighted by molar-refractivity contribution is 6.09. The van der Waals surface area contributed by atoms with Crippen molar-refractivity contribution >= 4 is 23.8 Å². The molecule has 172 valence electrons. The number of ether oxygens (including phenoxy) is 1. The number of nitrogens with one attached hydrogen (secondary N) is 2. The molecule has 1 fully saturated rings. The number of benzene rings is 2. The number of hydrogen-bond donors (Lipinski definition) is 3. The second-order valence-corrected chi connectivity index (χ2v) is 7.95. The smallest absolute Gasteiger partial charge is 0.323 e. The third-order valence-corrected chi connectivity index (χ3v) is 5.55. The van der Waals surface area contributed by atoms with E-state index in [1.807, 2.05) is 6.07 Å². The molecule has 34 heavy (non-hydrogen) atoms. The highest BCUT2D eigenvalue weighted by atomic mass is 16.5. The fraction of sp³-hybridized carbons (Fsp3) is 0.200. The minimum atomic E-state index is -1.47. The molecule has 4 rings (SSSR count). The molecule has 1 atom stereocenters. The fourth-order valence-corrected chi connectivity index (χ4v) is 3.77. The van der Waals surface area contributed by atoms with E-state index in [0.717, 1.165) is 11.1 Å². The van der Waals surface area contributed by atoms with Gasteiger partial charge in [0.05, 0.1) is 20.1 Å². The van der Waals surface area contributed by atoms with Crippen molar-refractivity contribution in [3.63, 3.8) is 0 Å². The van der Waals surface area contributed by atoms with Crippen molar-refractivity contribution in [2.45, 2.75) is 24.9 Å². The maximum Gasteiger partial charge on any atom is 0.323 e. The van der Waals surface area contributed by atoms with Crippen molar-refractivity contribution in [1.82, 2.24) is 15.5 Å². The van der Waals surface area contributed by atoms with E-state index < -0.39 is 23.4 Å². The first-order valence-electron chi connectivity index (χ1n) is 10.5. The zero-order valence-electron chi connectivity index (χ0n) is 18.4. The van der Waals surface area contributed by atoms with E-state index in [1.165, 1.54) is 12.0 Å². The number of carbonyl (C=O) groups is 4. The Balaban J connectivity index is 1.51. The molecule has 0 aromatic heterocycles. The van der Waals surface area contributed by atoms with Crippen molar-refractivity contribution < 1.29 is 23.9 Å². The summed E-state index contributed by atoms with van der Waals surface area (Å²) in [6.45, 7) is 0.392. The van der Waals surface area contributed by atoms with E-state index in [1.54, 1.807) is 48.7 Å². The van der Waals surface area contributed by atoms with E-state index in [0.29, 0.717) is 23.4 Å². The Morgan fingerprint density at radius 3 is 2.62 bits per heavy atom. The van der Waals surface area contributed by atoms with E-state index in [-0.39, 0.29) is 18.7 Å². The number of nitrogens with two attached hydrogens (primary N) is 1. The van der Waals surface area contributed by atoms with Crippen LogP contribution in [-0.4, -0.2) is 41.3 Å². The second kappa shape index (κ2) is 9.11. The van der Waals surface area contributed by atoms with Gasteiger partial charge in [-0.2, -0.15) is 0 Å². The number of urea groups is 1. The molecule has 1 unspecified atom stereocenters. The maximum atomic E-state index is 12.7. The Morgan fingerprint density at radius 1 is 1.21 bits per heavy atom. The van der Waals surface area contributed by atoms with E-state index >= 15 is 0 Å². The summed E-state index contributed by atoms with van der Waals surface area (Å²) < 4.78 is 5.18. The van der Waals surface area contributed by atoms with Gasteiger partial charge in [0.15, 0.2) is 5.54 Å². The number of fused-ring (bicyclic) bond motifs is 1. The molecule has 0 spiro atoms. The largest absolute Gasteiger partial charge is 0.497 e. The lowest BCUT2D eigenvalue weighted by molar-refractivity contribution is -0.122. The second-order valence-electron chi connectivity index (χ2n) is 7.95. The molecule has 2 aromatic carbocycles. The molecule has 0 bridgehead atoms. The van der Waals surface area contributed by atoms with Crippen molar-refractivity contribution in [2.75, 3.05) is 7.11 Å². The molecule has 4 N–H and O–H groups in total. The third-order valence-electron chi connectivity index (χ3n) is 5.55. The van der Waals surface area contributed by atoms with Gasteiger partial charge in [0.25, 0.3) is 11.8 Å². The van der Waals surface area contributed by atoms with E-state index in [9.17, 15) is 19.2 Å².